The van der Waals surface area contributed by atoms with Crippen molar-refractivity contribution in [3.05, 3.63) is 94.5 Å². The van der Waals surface area contributed by atoms with Crippen LogP contribution in [-0.4, -0.2) is 27.2 Å². The molecule has 0 saturated carbocycles. The maximum atomic E-state index is 13.6. The molecule has 0 aliphatic heterocycles. The molecule has 2 N–H and O–H groups in total. The average Bonchev–Trinajstić information content (AvgIpc) is 3.37. The van der Waals surface area contributed by atoms with Crippen LogP contribution in [0.25, 0.3) is 11.3 Å². The number of furan rings is 1. The normalized spacial score (nSPS) is 11.2. The van der Waals surface area contributed by atoms with E-state index >= 15 is 0 Å². The molecule has 0 aliphatic rings. The van der Waals surface area contributed by atoms with E-state index in [9.17, 15) is 18.0 Å². The minimum absolute atomic E-state index is 0.175. The van der Waals surface area contributed by atoms with Gasteiger partial charge in [0.15, 0.2) is 17.4 Å². The minimum atomic E-state index is -4.49. The maximum absolute atomic E-state index is 13.6. The van der Waals surface area contributed by atoms with E-state index in [1.54, 1.807) is 25.3 Å². The van der Waals surface area contributed by atoms with Crippen molar-refractivity contribution in [3.8, 4) is 28.6 Å². The fourth-order valence-electron chi connectivity index (χ4n) is 4.39. The van der Waals surface area contributed by atoms with Gasteiger partial charge in [-0.3, -0.25) is 4.79 Å². The Kier molecular flexibility index (Phi) is 9.11. The van der Waals surface area contributed by atoms with Gasteiger partial charge in [-0.1, -0.05) is 37.3 Å². The van der Waals surface area contributed by atoms with Gasteiger partial charge in [0.1, 0.15) is 11.5 Å². The molecule has 4 aromatic rings. The Morgan fingerprint density at radius 3 is 2.07 bits per heavy atom. The number of amides is 1. The fourth-order valence-corrected chi connectivity index (χ4v) is 4.39. The molecule has 1 amide bonds. The Balaban J connectivity index is 1.66. The van der Waals surface area contributed by atoms with Crippen LogP contribution >= 0.6 is 0 Å². The summed E-state index contributed by atoms with van der Waals surface area (Å²) in [4.78, 5) is 13.6. The lowest BCUT2D eigenvalue weighted by Crippen LogP contribution is -2.24. The van der Waals surface area contributed by atoms with Crippen LogP contribution in [0.15, 0.2) is 71.1 Å². The summed E-state index contributed by atoms with van der Waals surface area (Å²) in [5.74, 6) is 1.93. The molecule has 0 saturated heterocycles. The largest absolute Gasteiger partial charge is 0.497 e. The van der Waals surface area contributed by atoms with Gasteiger partial charge >= 0.3 is 6.18 Å². The number of ether oxygens (including phenoxy) is 3. The molecule has 1 heterocycles. The number of anilines is 1. The van der Waals surface area contributed by atoms with Crippen molar-refractivity contribution in [3.63, 3.8) is 0 Å². The summed E-state index contributed by atoms with van der Waals surface area (Å²) in [6.45, 7) is 2.45. The predicted octanol–water partition coefficient (Wildman–Crippen LogP) is 7.10. The molecular formula is C31H31F3N2O5. The van der Waals surface area contributed by atoms with Crippen LogP contribution in [-0.2, 0) is 25.7 Å². The third kappa shape index (κ3) is 6.77. The molecule has 0 aliphatic carbocycles. The summed E-state index contributed by atoms with van der Waals surface area (Å²) in [6.07, 6.45) is -4.05. The highest BCUT2D eigenvalue weighted by Gasteiger charge is 2.31. The van der Waals surface area contributed by atoms with Gasteiger partial charge in [0, 0.05) is 24.2 Å². The van der Waals surface area contributed by atoms with E-state index in [4.69, 9.17) is 18.6 Å². The Morgan fingerprint density at radius 1 is 0.829 bits per heavy atom. The molecule has 4 rings (SSSR count). The van der Waals surface area contributed by atoms with Crippen LogP contribution in [0, 0.1) is 0 Å². The molecule has 1 aromatic heterocycles. The number of carbonyl (C=O) groups excluding carboxylic acids is 1. The number of hydrogen-bond acceptors (Lipinski definition) is 6. The number of methoxy groups -OCH3 is 3. The Morgan fingerprint density at radius 2 is 1.49 bits per heavy atom. The van der Waals surface area contributed by atoms with Gasteiger partial charge in [-0.2, -0.15) is 13.2 Å². The maximum Gasteiger partial charge on any atom is 0.416 e. The summed E-state index contributed by atoms with van der Waals surface area (Å²) >= 11 is 0. The van der Waals surface area contributed by atoms with E-state index in [1.807, 2.05) is 31.2 Å². The van der Waals surface area contributed by atoms with Crippen molar-refractivity contribution >= 4 is 11.8 Å². The zero-order chi connectivity index (χ0) is 29.6. The second kappa shape index (κ2) is 12.7. The molecule has 0 unspecified atom stereocenters. The molecule has 0 radical (unpaired) electrons. The van der Waals surface area contributed by atoms with Crippen LogP contribution in [0.1, 0.15) is 39.5 Å². The number of hydrogen-bond donors (Lipinski definition) is 2. The van der Waals surface area contributed by atoms with Gasteiger partial charge in [-0.25, -0.2) is 0 Å². The first kappa shape index (κ1) is 29.4. The van der Waals surface area contributed by atoms with Gasteiger partial charge < -0.3 is 29.3 Å². The smallest absolute Gasteiger partial charge is 0.416 e. The molecule has 10 heteroatoms. The van der Waals surface area contributed by atoms with Crippen molar-refractivity contribution in [2.45, 2.75) is 32.6 Å². The molecule has 216 valence electrons. The van der Waals surface area contributed by atoms with Gasteiger partial charge in [0.05, 0.1) is 32.5 Å². The molecule has 0 fully saturated rings. The SMILES string of the molecule is CCc1c(NCc2ccc(OC)cc2)oc(-c2ccc(C(F)(F)F)cc2)c1C(=O)NCc1ccc(OC)c(OC)c1. The highest BCUT2D eigenvalue weighted by molar-refractivity contribution is 6.02. The lowest BCUT2D eigenvalue weighted by atomic mass is 10.0. The Bertz CT molecular complexity index is 1480. The third-order valence-electron chi connectivity index (χ3n) is 6.58. The monoisotopic (exact) mass is 568 g/mol. The van der Waals surface area contributed by atoms with E-state index in [0.717, 1.165) is 29.0 Å². The number of carbonyl (C=O) groups is 1. The van der Waals surface area contributed by atoms with E-state index in [0.29, 0.717) is 41.5 Å². The van der Waals surface area contributed by atoms with Crippen molar-refractivity contribution < 1.29 is 36.6 Å². The predicted molar refractivity (Wildman–Crippen MR) is 150 cm³/mol. The van der Waals surface area contributed by atoms with Crippen molar-refractivity contribution in [2.24, 2.45) is 0 Å². The van der Waals surface area contributed by atoms with Crippen LogP contribution in [0.2, 0.25) is 0 Å². The topological polar surface area (TPSA) is 82.0 Å². The van der Waals surface area contributed by atoms with Crippen molar-refractivity contribution in [1.29, 1.82) is 0 Å². The number of alkyl halides is 3. The highest BCUT2D eigenvalue weighted by Crippen LogP contribution is 2.38. The van der Waals surface area contributed by atoms with Gasteiger partial charge in [-0.15, -0.1) is 0 Å². The van der Waals surface area contributed by atoms with Gasteiger partial charge in [0.2, 0.25) is 0 Å². The summed E-state index contributed by atoms with van der Waals surface area (Å²) in [5.41, 5.74) is 2.14. The first-order valence-electron chi connectivity index (χ1n) is 12.9. The molecule has 41 heavy (non-hydrogen) atoms. The van der Waals surface area contributed by atoms with E-state index < -0.39 is 17.6 Å². The summed E-state index contributed by atoms with van der Waals surface area (Å²) < 4.78 is 61.6. The standard InChI is InChI=1S/C31H31F3N2O5/c1-5-24-27(29(37)35-18-20-8-15-25(39-3)26(16-20)40-4)28(21-9-11-22(12-10-21)31(32,33)34)41-30(24)36-17-19-6-13-23(38-2)14-7-19/h6-16,36H,5,17-18H2,1-4H3,(H,35,37). The van der Waals surface area contributed by atoms with Crippen LogP contribution < -0.4 is 24.8 Å². The summed E-state index contributed by atoms with van der Waals surface area (Å²) in [7, 11) is 4.65. The summed E-state index contributed by atoms with van der Waals surface area (Å²) in [6, 6.07) is 17.3. The van der Waals surface area contributed by atoms with Crippen molar-refractivity contribution in [1.82, 2.24) is 5.32 Å². The second-order valence-electron chi connectivity index (χ2n) is 9.12. The first-order chi connectivity index (χ1) is 19.7. The number of halogens is 3. The molecule has 0 bridgehead atoms. The van der Waals surface area contributed by atoms with Crippen LogP contribution in [0.5, 0.6) is 17.2 Å². The average molecular weight is 569 g/mol. The number of benzene rings is 3. The lowest BCUT2D eigenvalue weighted by Gasteiger charge is -2.11. The van der Waals surface area contributed by atoms with Crippen LogP contribution in [0.3, 0.4) is 0 Å². The highest BCUT2D eigenvalue weighted by atomic mass is 19.4. The third-order valence-corrected chi connectivity index (χ3v) is 6.58. The van der Waals surface area contributed by atoms with Crippen molar-refractivity contribution in [2.75, 3.05) is 26.6 Å². The minimum Gasteiger partial charge on any atom is -0.497 e. The molecular weight excluding hydrogens is 537 g/mol. The Hall–Kier alpha value is -4.60. The molecule has 0 atom stereocenters. The van der Waals surface area contributed by atoms with E-state index in [1.165, 1.54) is 26.4 Å². The first-order valence-corrected chi connectivity index (χ1v) is 12.9. The fraction of sp³-hybridized carbons (Fsp3) is 0.258. The second-order valence-corrected chi connectivity index (χ2v) is 9.12. The lowest BCUT2D eigenvalue weighted by molar-refractivity contribution is -0.137. The van der Waals surface area contributed by atoms with E-state index in [2.05, 4.69) is 10.6 Å². The summed E-state index contributed by atoms with van der Waals surface area (Å²) in [5, 5.41) is 6.15. The zero-order valence-corrected chi connectivity index (χ0v) is 23.1. The van der Waals surface area contributed by atoms with Crippen LogP contribution in [0.4, 0.5) is 19.1 Å². The molecule has 7 nitrogen and oxygen atoms in total. The number of nitrogens with one attached hydrogen (secondary N) is 2. The molecule has 0 spiro atoms. The number of rotatable bonds is 11. The zero-order valence-electron chi connectivity index (χ0n) is 23.1. The van der Waals surface area contributed by atoms with E-state index in [-0.39, 0.29) is 17.9 Å². The van der Waals surface area contributed by atoms with Gasteiger partial charge in [-0.05, 0) is 53.9 Å². The Labute approximate surface area is 236 Å². The molecule has 3 aromatic carbocycles. The quantitative estimate of drug-likeness (QED) is 0.201. The van der Waals surface area contributed by atoms with Gasteiger partial charge in [0.25, 0.3) is 5.91 Å².